The molecule has 0 atom stereocenters. The number of carbonyl (C=O) groups is 1. The summed E-state index contributed by atoms with van der Waals surface area (Å²) in [6.07, 6.45) is 4.81. The number of amidine groups is 1. The van der Waals surface area contributed by atoms with Crippen molar-refractivity contribution in [3.63, 3.8) is 0 Å². The SMILES string of the molecule is O=C1/C(=C/c2ccc(Br)cc2)S/C(=N/N=C\c2cc(Br)cc(Br)c2O)N1Cc1ccco1. The number of benzene rings is 2. The molecule has 2 aromatic carbocycles. The quantitative estimate of drug-likeness (QED) is 0.190. The molecule has 32 heavy (non-hydrogen) atoms. The lowest BCUT2D eigenvalue weighted by atomic mass is 10.2. The molecule has 0 radical (unpaired) electrons. The van der Waals surface area contributed by atoms with E-state index in [2.05, 4.69) is 58.0 Å². The molecule has 1 fully saturated rings. The van der Waals surface area contributed by atoms with E-state index in [1.54, 1.807) is 30.5 Å². The average Bonchev–Trinajstić information content (AvgIpc) is 3.37. The largest absolute Gasteiger partial charge is 0.506 e. The minimum Gasteiger partial charge on any atom is -0.506 e. The number of aromatic hydroxyl groups is 1. The lowest BCUT2D eigenvalue weighted by Crippen LogP contribution is -2.28. The van der Waals surface area contributed by atoms with Crippen LogP contribution in [0.3, 0.4) is 0 Å². The normalized spacial score (nSPS) is 16.7. The summed E-state index contributed by atoms with van der Waals surface area (Å²) in [5.41, 5.74) is 1.38. The van der Waals surface area contributed by atoms with E-state index in [-0.39, 0.29) is 18.2 Å². The Morgan fingerprint density at radius 2 is 1.88 bits per heavy atom. The van der Waals surface area contributed by atoms with Gasteiger partial charge in [0.2, 0.25) is 0 Å². The first-order valence-electron chi connectivity index (χ1n) is 9.19. The van der Waals surface area contributed by atoms with Crippen LogP contribution in [0.15, 0.2) is 87.7 Å². The van der Waals surface area contributed by atoms with Crippen molar-refractivity contribution < 1.29 is 14.3 Å². The highest BCUT2D eigenvalue weighted by molar-refractivity contribution is 9.11. The summed E-state index contributed by atoms with van der Waals surface area (Å²) < 4.78 is 7.68. The summed E-state index contributed by atoms with van der Waals surface area (Å²) in [4.78, 5) is 15.1. The van der Waals surface area contributed by atoms with Gasteiger partial charge in [0.1, 0.15) is 11.5 Å². The summed E-state index contributed by atoms with van der Waals surface area (Å²) in [7, 11) is 0. The second-order valence-corrected chi connectivity index (χ2v) is 10.3. The summed E-state index contributed by atoms with van der Waals surface area (Å²) in [5.74, 6) is 0.501. The third kappa shape index (κ3) is 5.43. The van der Waals surface area contributed by atoms with E-state index >= 15 is 0 Å². The molecule has 4 rings (SSSR count). The first kappa shape index (κ1) is 23.0. The molecule has 1 saturated heterocycles. The fourth-order valence-electron chi connectivity index (χ4n) is 2.82. The Hall–Kier alpha value is -2.14. The lowest BCUT2D eigenvalue weighted by molar-refractivity contribution is -0.122. The van der Waals surface area contributed by atoms with Gasteiger partial charge in [0.15, 0.2) is 5.17 Å². The maximum absolute atomic E-state index is 13.1. The van der Waals surface area contributed by atoms with Crippen molar-refractivity contribution in [2.75, 3.05) is 0 Å². The molecule has 0 unspecified atom stereocenters. The molecule has 0 aliphatic carbocycles. The Balaban J connectivity index is 1.64. The molecule has 0 saturated carbocycles. The standard InChI is InChI=1S/C22H14Br3N3O3S/c23-15-5-3-13(4-6-15)8-19-21(30)28(12-17-2-1-7-31-17)22(32-19)27-26-11-14-9-16(24)10-18(25)20(14)29/h1-11,29H,12H2/b19-8-,26-11-,27-22+. The number of hydrogen-bond donors (Lipinski definition) is 1. The van der Waals surface area contributed by atoms with Crippen molar-refractivity contribution in [2.45, 2.75) is 6.54 Å². The molecule has 3 aromatic rings. The number of nitrogens with zero attached hydrogens (tertiary/aromatic N) is 3. The molecule has 0 spiro atoms. The third-order valence-electron chi connectivity index (χ3n) is 4.35. The van der Waals surface area contributed by atoms with Gasteiger partial charge < -0.3 is 9.52 Å². The number of hydrogen-bond acceptors (Lipinski definition) is 6. The average molecular weight is 640 g/mol. The summed E-state index contributed by atoms with van der Waals surface area (Å²) in [6.45, 7) is 0.235. The Morgan fingerprint density at radius 3 is 2.59 bits per heavy atom. The molecule has 0 bridgehead atoms. The predicted octanol–water partition coefficient (Wildman–Crippen LogP) is 6.78. The van der Waals surface area contributed by atoms with Gasteiger partial charge in [-0.15, -0.1) is 5.10 Å². The topological polar surface area (TPSA) is 78.4 Å². The fourth-order valence-corrected chi connectivity index (χ4v) is 5.27. The minimum atomic E-state index is -0.184. The lowest BCUT2D eigenvalue weighted by Gasteiger charge is -2.12. The second-order valence-electron chi connectivity index (χ2n) is 6.59. The summed E-state index contributed by atoms with van der Waals surface area (Å²) in [6, 6.07) is 14.7. The first-order chi connectivity index (χ1) is 15.4. The van der Waals surface area contributed by atoms with Crippen molar-refractivity contribution >= 4 is 82.9 Å². The van der Waals surface area contributed by atoms with Crippen LogP contribution in [-0.4, -0.2) is 27.3 Å². The van der Waals surface area contributed by atoms with E-state index in [1.165, 1.54) is 22.9 Å². The van der Waals surface area contributed by atoms with E-state index in [0.717, 1.165) is 14.5 Å². The Morgan fingerprint density at radius 1 is 1.09 bits per heavy atom. The van der Waals surface area contributed by atoms with Gasteiger partial charge in [-0.2, -0.15) is 5.10 Å². The molecular formula is C22H14Br3N3O3S. The molecule has 1 aliphatic heterocycles. The van der Waals surface area contributed by atoms with Crippen molar-refractivity contribution in [3.8, 4) is 5.75 Å². The van der Waals surface area contributed by atoms with Crippen LogP contribution in [0.1, 0.15) is 16.9 Å². The van der Waals surface area contributed by atoms with Gasteiger partial charge in [-0.25, -0.2) is 0 Å². The molecule has 2 heterocycles. The third-order valence-corrected chi connectivity index (χ3v) is 6.94. The molecule has 162 valence electrons. The molecule has 10 heteroatoms. The monoisotopic (exact) mass is 637 g/mol. The molecule has 1 aliphatic rings. The van der Waals surface area contributed by atoms with Crippen LogP contribution in [0.25, 0.3) is 6.08 Å². The Kier molecular flexibility index (Phi) is 7.34. The minimum absolute atomic E-state index is 0.0515. The van der Waals surface area contributed by atoms with Gasteiger partial charge in [-0.3, -0.25) is 9.69 Å². The zero-order valence-corrected chi connectivity index (χ0v) is 21.8. The molecule has 1 aromatic heterocycles. The molecule has 1 amide bonds. The number of rotatable bonds is 5. The Bertz CT molecular complexity index is 1240. The predicted molar refractivity (Wildman–Crippen MR) is 138 cm³/mol. The van der Waals surface area contributed by atoms with Crippen molar-refractivity contribution in [2.24, 2.45) is 10.2 Å². The van der Waals surface area contributed by atoms with Crippen LogP contribution in [0.4, 0.5) is 0 Å². The van der Waals surface area contributed by atoms with Crippen LogP contribution < -0.4 is 0 Å². The van der Waals surface area contributed by atoms with E-state index in [9.17, 15) is 9.90 Å². The summed E-state index contributed by atoms with van der Waals surface area (Å²) in [5, 5.41) is 19.0. The van der Waals surface area contributed by atoms with Crippen LogP contribution in [0, 0.1) is 0 Å². The number of furan rings is 1. The highest BCUT2D eigenvalue weighted by Crippen LogP contribution is 2.34. The van der Waals surface area contributed by atoms with Gasteiger partial charge in [0, 0.05) is 14.5 Å². The Labute approximate surface area is 213 Å². The highest BCUT2D eigenvalue weighted by atomic mass is 79.9. The van der Waals surface area contributed by atoms with Crippen molar-refractivity contribution in [1.82, 2.24) is 4.90 Å². The van der Waals surface area contributed by atoms with Crippen LogP contribution in [-0.2, 0) is 11.3 Å². The van der Waals surface area contributed by atoms with E-state index in [4.69, 9.17) is 4.42 Å². The number of phenolic OH excluding ortho intramolecular Hbond substituents is 1. The van der Waals surface area contributed by atoms with E-state index < -0.39 is 0 Å². The van der Waals surface area contributed by atoms with Gasteiger partial charge in [0.05, 0.1) is 28.4 Å². The maximum Gasteiger partial charge on any atom is 0.267 e. The number of amides is 1. The van der Waals surface area contributed by atoms with Gasteiger partial charge in [-0.1, -0.05) is 44.0 Å². The van der Waals surface area contributed by atoms with Crippen LogP contribution in [0.2, 0.25) is 0 Å². The van der Waals surface area contributed by atoms with Crippen molar-refractivity contribution in [1.29, 1.82) is 0 Å². The van der Waals surface area contributed by atoms with Crippen LogP contribution >= 0.6 is 59.6 Å². The molecule has 1 N–H and O–H groups in total. The number of carbonyl (C=O) groups excluding carboxylic acids is 1. The fraction of sp³-hybridized carbons (Fsp3) is 0.0455. The summed E-state index contributed by atoms with van der Waals surface area (Å²) >= 11 is 11.3. The zero-order valence-electron chi connectivity index (χ0n) is 16.2. The van der Waals surface area contributed by atoms with Crippen LogP contribution in [0.5, 0.6) is 5.75 Å². The molecular weight excluding hydrogens is 626 g/mol. The first-order valence-corrected chi connectivity index (χ1v) is 12.4. The maximum atomic E-state index is 13.1. The number of phenols is 1. The second kappa shape index (κ2) is 10.2. The van der Waals surface area contributed by atoms with Gasteiger partial charge in [-0.05, 0) is 75.7 Å². The van der Waals surface area contributed by atoms with Gasteiger partial charge in [0.25, 0.3) is 5.91 Å². The van der Waals surface area contributed by atoms with Crippen molar-refractivity contribution in [3.05, 3.63) is 90.0 Å². The smallest absolute Gasteiger partial charge is 0.267 e. The van der Waals surface area contributed by atoms with Gasteiger partial charge >= 0.3 is 0 Å². The number of thioether (sulfide) groups is 1. The highest BCUT2D eigenvalue weighted by Gasteiger charge is 2.34. The zero-order chi connectivity index (χ0) is 22.7. The molecule has 6 nitrogen and oxygen atoms in total. The number of halogens is 3. The van der Waals surface area contributed by atoms with E-state index in [0.29, 0.717) is 25.9 Å². The van der Waals surface area contributed by atoms with E-state index in [1.807, 2.05) is 30.3 Å².